The van der Waals surface area contributed by atoms with E-state index >= 15 is 0 Å². The maximum Gasteiger partial charge on any atom is 0.180 e. The highest BCUT2D eigenvalue weighted by atomic mass is 15.2. The second-order valence-electron chi connectivity index (χ2n) is 7.60. The van der Waals surface area contributed by atoms with Crippen molar-refractivity contribution >= 4 is 23.0 Å². The molecule has 0 aromatic carbocycles. The standard InChI is InChI=1S/C21H25N9/c1-22-16-5-8-29(9-6-16)19-4-3-17(12-24-19)27-20-21-25-13-18(30(21)10-7-23-20)15-11-26-28(2)14-15/h3-4,7,10-14,16,22H,5-6,8-9H2,1-2H3,(H,23,27). The van der Waals surface area contributed by atoms with Gasteiger partial charge in [0.1, 0.15) is 5.82 Å². The molecule has 4 aromatic rings. The van der Waals surface area contributed by atoms with Crippen molar-refractivity contribution in [1.82, 2.24) is 34.4 Å². The van der Waals surface area contributed by atoms with Crippen LogP contribution in [0.3, 0.4) is 0 Å². The van der Waals surface area contributed by atoms with Crippen LogP contribution in [0.25, 0.3) is 16.9 Å². The quantitative estimate of drug-likeness (QED) is 0.529. The van der Waals surface area contributed by atoms with E-state index in [1.54, 1.807) is 10.9 Å². The van der Waals surface area contributed by atoms with E-state index in [9.17, 15) is 0 Å². The number of fused-ring (bicyclic) bond motifs is 1. The van der Waals surface area contributed by atoms with Crippen molar-refractivity contribution in [2.45, 2.75) is 18.9 Å². The Morgan fingerprint density at radius 1 is 1.03 bits per heavy atom. The van der Waals surface area contributed by atoms with Gasteiger partial charge in [-0.3, -0.25) is 9.08 Å². The van der Waals surface area contributed by atoms with E-state index in [-0.39, 0.29) is 0 Å². The topological polar surface area (TPSA) is 88.2 Å². The number of nitrogens with one attached hydrogen (secondary N) is 2. The minimum Gasteiger partial charge on any atom is -0.357 e. The molecule has 1 aliphatic rings. The molecule has 1 fully saturated rings. The van der Waals surface area contributed by atoms with E-state index in [2.05, 4.69) is 41.7 Å². The van der Waals surface area contributed by atoms with E-state index < -0.39 is 0 Å². The molecule has 0 bridgehead atoms. The maximum absolute atomic E-state index is 4.66. The Kier molecular flexibility index (Phi) is 4.80. The molecule has 154 valence electrons. The Morgan fingerprint density at radius 3 is 2.60 bits per heavy atom. The molecule has 0 spiro atoms. The van der Waals surface area contributed by atoms with Crippen LogP contribution in [0.1, 0.15) is 12.8 Å². The number of hydrogen-bond acceptors (Lipinski definition) is 7. The fraction of sp³-hybridized carbons (Fsp3) is 0.333. The zero-order valence-corrected chi connectivity index (χ0v) is 17.2. The van der Waals surface area contributed by atoms with Gasteiger partial charge in [0.15, 0.2) is 11.5 Å². The molecule has 1 aliphatic heterocycles. The van der Waals surface area contributed by atoms with Gasteiger partial charge in [-0.2, -0.15) is 5.10 Å². The highest BCUT2D eigenvalue weighted by molar-refractivity contribution is 5.73. The SMILES string of the molecule is CNC1CCN(c2ccc(Nc3nccn4c(-c5cnn(C)c5)cnc34)cn2)CC1. The van der Waals surface area contributed by atoms with Crippen molar-refractivity contribution in [3.8, 4) is 11.3 Å². The van der Waals surface area contributed by atoms with Gasteiger partial charge in [0.2, 0.25) is 0 Å². The summed E-state index contributed by atoms with van der Waals surface area (Å²) in [7, 11) is 3.94. The number of aromatic nitrogens is 6. The van der Waals surface area contributed by atoms with Gasteiger partial charge < -0.3 is 15.5 Å². The first-order valence-electron chi connectivity index (χ1n) is 10.2. The van der Waals surface area contributed by atoms with Gasteiger partial charge in [-0.1, -0.05) is 0 Å². The van der Waals surface area contributed by atoms with Crippen LogP contribution >= 0.6 is 0 Å². The molecule has 0 aliphatic carbocycles. The highest BCUT2D eigenvalue weighted by Gasteiger charge is 2.18. The fourth-order valence-electron chi connectivity index (χ4n) is 3.96. The average Bonchev–Trinajstić information content (AvgIpc) is 3.41. The van der Waals surface area contributed by atoms with Crippen LogP contribution in [0, 0.1) is 0 Å². The van der Waals surface area contributed by atoms with Crippen molar-refractivity contribution in [3.05, 3.63) is 49.3 Å². The Morgan fingerprint density at radius 2 is 1.90 bits per heavy atom. The van der Waals surface area contributed by atoms with E-state index in [1.807, 2.05) is 55.5 Å². The third kappa shape index (κ3) is 3.48. The number of pyridine rings is 1. The maximum atomic E-state index is 4.66. The zero-order valence-electron chi connectivity index (χ0n) is 17.2. The number of rotatable bonds is 5. The summed E-state index contributed by atoms with van der Waals surface area (Å²) < 4.78 is 3.80. The molecule has 5 heterocycles. The van der Waals surface area contributed by atoms with E-state index in [0.717, 1.165) is 54.3 Å². The lowest BCUT2D eigenvalue weighted by molar-refractivity contribution is 0.441. The first-order chi connectivity index (χ1) is 14.7. The average molecular weight is 403 g/mol. The molecule has 2 N–H and O–H groups in total. The summed E-state index contributed by atoms with van der Waals surface area (Å²) in [5, 5.41) is 11.0. The minimum atomic E-state index is 0.611. The Balaban J connectivity index is 1.35. The van der Waals surface area contributed by atoms with Crippen LogP contribution in [0.4, 0.5) is 17.3 Å². The molecule has 30 heavy (non-hydrogen) atoms. The van der Waals surface area contributed by atoms with Crippen LogP contribution < -0.4 is 15.5 Å². The van der Waals surface area contributed by atoms with E-state index in [4.69, 9.17) is 0 Å². The van der Waals surface area contributed by atoms with Crippen molar-refractivity contribution < 1.29 is 0 Å². The third-order valence-electron chi connectivity index (χ3n) is 5.67. The molecule has 0 atom stereocenters. The Labute approximate surface area is 174 Å². The highest BCUT2D eigenvalue weighted by Crippen LogP contribution is 2.25. The van der Waals surface area contributed by atoms with Crippen LogP contribution in [0.2, 0.25) is 0 Å². The van der Waals surface area contributed by atoms with Crippen LogP contribution in [0.15, 0.2) is 49.3 Å². The van der Waals surface area contributed by atoms with Crippen molar-refractivity contribution in [1.29, 1.82) is 0 Å². The summed E-state index contributed by atoms with van der Waals surface area (Å²) in [5.41, 5.74) is 3.63. The molecule has 0 unspecified atom stereocenters. The van der Waals surface area contributed by atoms with Crippen molar-refractivity contribution in [2.75, 3.05) is 30.4 Å². The van der Waals surface area contributed by atoms with E-state index in [1.165, 1.54) is 0 Å². The van der Waals surface area contributed by atoms with Gasteiger partial charge in [-0.05, 0) is 32.0 Å². The molecule has 9 heteroatoms. The predicted molar refractivity (Wildman–Crippen MR) is 117 cm³/mol. The smallest absolute Gasteiger partial charge is 0.180 e. The summed E-state index contributed by atoms with van der Waals surface area (Å²) in [6.45, 7) is 2.05. The molecule has 0 amide bonds. The zero-order chi connectivity index (χ0) is 20.5. The van der Waals surface area contributed by atoms with Crippen molar-refractivity contribution in [2.24, 2.45) is 7.05 Å². The molecular weight excluding hydrogens is 378 g/mol. The van der Waals surface area contributed by atoms with Gasteiger partial charge in [-0.25, -0.2) is 15.0 Å². The van der Waals surface area contributed by atoms with Gasteiger partial charge in [0, 0.05) is 50.3 Å². The fourth-order valence-corrected chi connectivity index (χ4v) is 3.96. The van der Waals surface area contributed by atoms with Crippen LogP contribution in [0.5, 0.6) is 0 Å². The number of hydrogen-bond donors (Lipinski definition) is 2. The summed E-state index contributed by atoms with van der Waals surface area (Å²) in [5.74, 6) is 1.71. The molecule has 5 rings (SSSR count). The second kappa shape index (κ2) is 7.75. The Hall–Kier alpha value is -3.46. The monoisotopic (exact) mass is 403 g/mol. The molecule has 0 saturated carbocycles. The summed E-state index contributed by atoms with van der Waals surface area (Å²) in [6, 6.07) is 4.72. The lowest BCUT2D eigenvalue weighted by Crippen LogP contribution is -2.41. The summed E-state index contributed by atoms with van der Waals surface area (Å²) >= 11 is 0. The third-order valence-corrected chi connectivity index (χ3v) is 5.67. The van der Waals surface area contributed by atoms with Gasteiger partial charge in [-0.15, -0.1) is 0 Å². The normalized spacial score (nSPS) is 15.1. The van der Waals surface area contributed by atoms with E-state index in [0.29, 0.717) is 11.9 Å². The summed E-state index contributed by atoms with van der Waals surface area (Å²) in [4.78, 5) is 16.1. The number of imidazole rings is 1. The largest absolute Gasteiger partial charge is 0.357 e. The van der Waals surface area contributed by atoms with Gasteiger partial charge in [0.25, 0.3) is 0 Å². The van der Waals surface area contributed by atoms with Crippen LogP contribution in [-0.4, -0.2) is 55.3 Å². The first-order valence-corrected chi connectivity index (χ1v) is 10.2. The molecule has 1 saturated heterocycles. The number of piperidine rings is 1. The molecular formula is C21H25N9. The first kappa shape index (κ1) is 18.6. The van der Waals surface area contributed by atoms with Gasteiger partial charge in [0.05, 0.1) is 30.0 Å². The number of aryl methyl sites for hydroxylation is 1. The van der Waals surface area contributed by atoms with Crippen molar-refractivity contribution in [3.63, 3.8) is 0 Å². The predicted octanol–water partition coefficient (Wildman–Crippen LogP) is 2.46. The molecule has 0 radical (unpaired) electrons. The lowest BCUT2D eigenvalue weighted by Gasteiger charge is -2.32. The Bertz CT molecular complexity index is 1140. The van der Waals surface area contributed by atoms with Crippen LogP contribution in [-0.2, 0) is 7.05 Å². The van der Waals surface area contributed by atoms with Gasteiger partial charge >= 0.3 is 0 Å². The molecule has 4 aromatic heterocycles. The minimum absolute atomic E-state index is 0.611. The number of anilines is 3. The second-order valence-corrected chi connectivity index (χ2v) is 7.60. The summed E-state index contributed by atoms with van der Waals surface area (Å²) in [6.07, 6.45) is 13.5. The molecule has 9 nitrogen and oxygen atoms in total. The lowest BCUT2D eigenvalue weighted by atomic mass is 10.1. The number of nitrogens with zero attached hydrogens (tertiary/aromatic N) is 7.